The summed E-state index contributed by atoms with van der Waals surface area (Å²) in [4.78, 5) is 28.5. The Morgan fingerprint density at radius 3 is 2.26 bits per heavy atom. The molecule has 0 radical (unpaired) electrons. The Hall–Kier alpha value is -2.40. The predicted molar refractivity (Wildman–Crippen MR) is 86.8 cm³/mol. The molecule has 0 bridgehead atoms. The van der Waals surface area contributed by atoms with Crippen molar-refractivity contribution in [2.45, 2.75) is 13.8 Å². The average Bonchev–Trinajstić information content (AvgIpc) is 2.55. The summed E-state index contributed by atoms with van der Waals surface area (Å²) in [5, 5.41) is 0.498. The van der Waals surface area contributed by atoms with Gasteiger partial charge in [0, 0.05) is 10.6 Å². The van der Waals surface area contributed by atoms with Crippen LogP contribution in [0.5, 0.6) is 0 Å². The molecule has 0 spiro atoms. The molecule has 0 N–H and O–H groups in total. The molecule has 0 amide bonds. The van der Waals surface area contributed by atoms with Gasteiger partial charge in [0.05, 0.1) is 25.5 Å². The second-order valence-corrected chi connectivity index (χ2v) is 5.36. The van der Waals surface area contributed by atoms with E-state index in [1.807, 2.05) is 0 Å². The maximum atomic E-state index is 12.2. The highest BCUT2D eigenvalue weighted by atomic mass is 35.5. The summed E-state index contributed by atoms with van der Waals surface area (Å²) in [6.45, 7) is 3.45. The van der Waals surface area contributed by atoms with Crippen LogP contribution in [-0.2, 0) is 9.47 Å². The van der Waals surface area contributed by atoms with E-state index in [4.69, 9.17) is 21.1 Å². The molecule has 0 atom stereocenters. The minimum Gasteiger partial charge on any atom is -0.465 e. The number of esters is 2. The van der Waals surface area contributed by atoms with E-state index in [0.29, 0.717) is 33.0 Å². The van der Waals surface area contributed by atoms with E-state index >= 15 is 0 Å². The Bertz CT molecular complexity index is 786. The summed E-state index contributed by atoms with van der Waals surface area (Å²) in [5.74, 6) is -1.09. The number of benzene rings is 1. The molecule has 0 aliphatic rings. The van der Waals surface area contributed by atoms with Crippen molar-refractivity contribution in [1.82, 2.24) is 4.98 Å². The van der Waals surface area contributed by atoms with Crippen molar-refractivity contribution in [3.8, 4) is 11.3 Å². The number of pyridine rings is 1. The monoisotopic (exact) mass is 333 g/mol. The smallest absolute Gasteiger partial charge is 0.356 e. The fourth-order valence-corrected chi connectivity index (χ4v) is 2.48. The zero-order chi connectivity index (χ0) is 17.1. The van der Waals surface area contributed by atoms with E-state index in [1.54, 1.807) is 38.1 Å². The molecular formula is C17H16ClNO4. The fraction of sp³-hybridized carbons (Fsp3) is 0.235. The van der Waals surface area contributed by atoms with Gasteiger partial charge in [0.2, 0.25) is 0 Å². The lowest BCUT2D eigenvalue weighted by atomic mass is 9.96. The maximum Gasteiger partial charge on any atom is 0.356 e. The van der Waals surface area contributed by atoms with Crippen LogP contribution in [0, 0.1) is 13.8 Å². The molecule has 0 saturated heterocycles. The molecule has 0 aliphatic carbocycles. The minimum atomic E-state index is -0.565. The van der Waals surface area contributed by atoms with Crippen LogP contribution in [0.2, 0.25) is 5.02 Å². The number of nitrogens with zero attached hydrogens (tertiary/aromatic N) is 1. The molecule has 2 aromatic rings. The third-order valence-electron chi connectivity index (χ3n) is 3.62. The molecule has 1 aromatic heterocycles. The van der Waals surface area contributed by atoms with Gasteiger partial charge in [-0.3, -0.25) is 0 Å². The highest BCUT2D eigenvalue weighted by Crippen LogP contribution is 2.30. The van der Waals surface area contributed by atoms with Crippen LogP contribution >= 0.6 is 11.6 Å². The molecule has 0 unspecified atom stereocenters. The zero-order valence-electron chi connectivity index (χ0n) is 13.3. The lowest BCUT2D eigenvalue weighted by Crippen LogP contribution is -2.15. The van der Waals surface area contributed by atoms with E-state index < -0.39 is 11.9 Å². The summed E-state index contributed by atoms with van der Waals surface area (Å²) < 4.78 is 9.63. The number of methoxy groups -OCH3 is 2. The quantitative estimate of drug-likeness (QED) is 0.803. The number of carbonyl (C=O) groups excluding carboxylic acids is 2. The minimum absolute atomic E-state index is 0.160. The molecule has 1 aromatic carbocycles. The Morgan fingerprint density at radius 1 is 1.04 bits per heavy atom. The largest absolute Gasteiger partial charge is 0.465 e. The fourth-order valence-electron chi connectivity index (χ4n) is 2.29. The number of hydrogen-bond acceptors (Lipinski definition) is 5. The van der Waals surface area contributed by atoms with Crippen molar-refractivity contribution in [3.63, 3.8) is 0 Å². The Morgan fingerprint density at radius 2 is 1.70 bits per heavy atom. The third kappa shape index (κ3) is 3.19. The topological polar surface area (TPSA) is 65.5 Å². The van der Waals surface area contributed by atoms with Gasteiger partial charge in [-0.15, -0.1) is 0 Å². The normalized spacial score (nSPS) is 10.3. The van der Waals surface area contributed by atoms with Crippen molar-refractivity contribution in [2.24, 2.45) is 0 Å². The number of hydrogen-bond donors (Lipinski definition) is 0. The van der Waals surface area contributed by atoms with Crippen molar-refractivity contribution in [2.75, 3.05) is 14.2 Å². The van der Waals surface area contributed by atoms with E-state index in [1.165, 1.54) is 14.2 Å². The van der Waals surface area contributed by atoms with Crippen molar-refractivity contribution in [3.05, 3.63) is 51.7 Å². The van der Waals surface area contributed by atoms with E-state index in [-0.39, 0.29) is 5.69 Å². The summed E-state index contributed by atoms with van der Waals surface area (Å²) >= 11 is 6.03. The van der Waals surface area contributed by atoms with Crippen LogP contribution in [0.4, 0.5) is 0 Å². The highest BCUT2D eigenvalue weighted by Gasteiger charge is 2.24. The lowest BCUT2D eigenvalue weighted by molar-refractivity contribution is 0.0580. The summed E-state index contributed by atoms with van der Waals surface area (Å²) in [5.41, 5.74) is 2.60. The van der Waals surface area contributed by atoms with Gasteiger partial charge < -0.3 is 9.47 Å². The predicted octanol–water partition coefficient (Wildman–Crippen LogP) is 3.59. The molecule has 1 heterocycles. The van der Waals surface area contributed by atoms with Crippen molar-refractivity contribution < 1.29 is 19.1 Å². The van der Waals surface area contributed by atoms with E-state index in [0.717, 1.165) is 0 Å². The van der Waals surface area contributed by atoms with Gasteiger partial charge in [-0.1, -0.05) is 23.7 Å². The second-order valence-electron chi connectivity index (χ2n) is 4.93. The highest BCUT2D eigenvalue weighted by molar-refractivity contribution is 6.30. The molecule has 0 fully saturated rings. The lowest BCUT2D eigenvalue weighted by Gasteiger charge is -2.15. The molecule has 5 nitrogen and oxygen atoms in total. The first-order valence-electron chi connectivity index (χ1n) is 6.84. The average molecular weight is 334 g/mol. The van der Waals surface area contributed by atoms with Gasteiger partial charge in [0.1, 0.15) is 0 Å². The first-order chi connectivity index (χ1) is 10.9. The maximum absolute atomic E-state index is 12.2. The Labute approximate surface area is 139 Å². The standard InChI is InChI=1S/C17H16ClNO4/c1-9-10(2)14(17(21)23-4)19-15(13(9)16(20)22-3)11-6-5-7-12(18)8-11/h5-8H,1-4H3. The Balaban J connectivity index is 2.83. The number of halogens is 1. The van der Waals surface area contributed by atoms with Gasteiger partial charge in [-0.25, -0.2) is 14.6 Å². The Kier molecular flexibility index (Phi) is 5.01. The molecule has 6 heteroatoms. The van der Waals surface area contributed by atoms with E-state index in [9.17, 15) is 9.59 Å². The third-order valence-corrected chi connectivity index (χ3v) is 3.85. The van der Waals surface area contributed by atoms with Gasteiger partial charge >= 0.3 is 11.9 Å². The number of carbonyl (C=O) groups is 2. The number of ether oxygens (including phenoxy) is 2. The number of rotatable bonds is 3. The number of aromatic nitrogens is 1. The second kappa shape index (κ2) is 6.79. The molecule has 23 heavy (non-hydrogen) atoms. The molecule has 120 valence electrons. The van der Waals surface area contributed by atoms with E-state index in [2.05, 4.69) is 4.98 Å². The van der Waals surface area contributed by atoms with Gasteiger partial charge in [-0.05, 0) is 37.1 Å². The molecule has 2 rings (SSSR count). The van der Waals surface area contributed by atoms with Crippen molar-refractivity contribution >= 4 is 23.5 Å². The zero-order valence-corrected chi connectivity index (χ0v) is 14.0. The summed E-state index contributed by atoms with van der Waals surface area (Å²) in [6, 6.07) is 6.89. The van der Waals surface area contributed by atoms with Gasteiger partial charge in [0.15, 0.2) is 5.69 Å². The van der Waals surface area contributed by atoms with Crippen LogP contribution in [0.1, 0.15) is 32.0 Å². The summed E-state index contributed by atoms with van der Waals surface area (Å²) in [7, 11) is 2.58. The molecule has 0 aliphatic heterocycles. The van der Waals surface area contributed by atoms with Crippen LogP contribution in [-0.4, -0.2) is 31.1 Å². The first kappa shape index (κ1) is 17.0. The first-order valence-corrected chi connectivity index (χ1v) is 7.22. The molecule has 0 saturated carbocycles. The van der Waals surface area contributed by atoms with Crippen LogP contribution in [0.25, 0.3) is 11.3 Å². The van der Waals surface area contributed by atoms with Crippen LogP contribution in [0.3, 0.4) is 0 Å². The van der Waals surface area contributed by atoms with Crippen LogP contribution in [0.15, 0.2) is 24.3 Å². The van der Waals surface area contributed by atoms with Gasteiger partial charge in [0.25, 0.3) is 0 Å². The SMILES string of the molecule is COC(=O)c1nc(-c2cccc(Cl)c2)c(C(=O)OC)c(C)c1C. The summed E-state index contributed by atoms with van der Waals surface area (Å²) in [6.07, 6.45) is 0. The van der Waals surface area contributed by atoms with Gasteiger partial charge in [-0.2, -0.15) is 0 Å². The van der Waals surface area contributed by atoms with Crippen molar-refractivity contribution in [1.29, 1.82) is 0 Å². The van der Waals surface area contributed by atoms with Crippen LogP contribution < -0.4 is 0 Å². The molecular weight excluding hydrogens is 318 g/mol.